The van der Waals surface area contributed by atoms with Gasteiger partial charge < -0.3 is 124 Å². The Morgan fingerprint density at radius 2 is 0.780 bits per heavy atom. The molecule has 35 heteroatoms. The van der Waals surface area contributed by atoms with Crippen LogP contribution in [-0.4, -0.2) is 186 Å². The number of nitrogens with one attached hydrogen (secondary N) is 5. The summed E-state index contributed by atoms with van der Waals surface area (Å²) in [6.07, 6.45) is -4.36. The Labute approximate surface area is 823 Å². The summed E-state index contributed by atoms with van der Waals surface area (Å²) in [5.74, 6) is -2.32. The van der Waals surface area contributed by atoms with Crippen LogP contribution < -0.4 is 55.5 Å². The molecule has 8 rings (SSSR count). The van der Waals surface area contributed by atoms with E-state index in [0.29, 0.717) is 79.1 Å². The number of carboxylic acids is 2. The fraction of sp³-hybridized carbons (Fsp3) is 0.410. The highest BCUT2D eigenvalue weighted by molar-refractivity contribution is 7.59. The van der Waals surface area contributed by atoms with Gasteiger partial charge in [0.1, 0.15) is 131 Å². The van der Waals surface area contributed by atoms with Gasteiger partial charge in [0.15, 0.2) is 0 Å². The zero-order valence-corrected chi connectivity index (χ0v) is 69.5. The molecule has 0 spiro atoms. The first-order chi connectivity index (χ1) is 54.7. The van der Waals surface area contributed by atoms with Crippen molar-refractivity contribution in [2.24, 2.45) is 0 Å². The Hall–Kier alpha value is -12.7. The van der Waals surface area contributed by atoms with Gasteiger partial charge in [0.25, 0.3) is 11.1 Å². The van der Waals surface area contributed by atoms with Crippen LogP contribution in [0.4, 0.5) is 14.4 Å². The van der Waals surface area contributed by atoms with Crippen LogP contribution >= 0.6 is 13.5 Å². The third-order valence-electron chi connectivity index (χ3n) is 15.6. The molecule has 8 aromatic rings. The van der Waals surface area contributed by atoms with Gasteiger partial charge in [-0.1, -0.05) is 68.1 Å². The molecular formula is C83H272N7O27S-15. The molecule has 2 aromatic heterocycles. The Kier molecular flexibility index (Phi) is 39.5. The molecule has 6 aromatic carbocycles. The Balaban J connectivity index is -0.0000000101. The molecule has 8 N–H and O–H groups in total. The molecule has 0 radical (unpaired) electrons. The number of aryl methyl sites for hydroxylation is 4. The number of benzene rings is 6. The number of aromatic amines is 2. The Morgan fingerprint density at radius 3 is 1.08 bits per heavy atom. The largest absolute Gasteiger partial charge is 1.00 e. The van der Waals surface area contributed by atoms with Gasteiger partial charge in [-0.15, -0.1) is 0 Å². The predicted molar refractivity (Wildman–Crippen MR) is 615 cm³/mol. The molecule has 0 saturated heterocycles. The molecule has 0 aliphatic heterocycles. The summed E-state index contributed by atoms with van der Waals surface area (Å²) >= 11 is 0. The quantitative estimate of drug-likeness (QED) is 0.0118. The van der Waals surface area contributed by atoms with Crippen molar-refractivity contribution >= 4 is 89.4 Å². The lowest BCUT2D eigenvalue weighted by Gasteiger charge is -2.22. The van der Waals surface area contributed by atoms with Crippen LogP contribution in [-0.2, 0) is 75.1 Å². The number of hydrogen-bond donors (Lipinski definition) is 8. The maximum atomic E-state index is 13.0. The first-order valence-electron chi connectivity index (χ1n) is 36.1. The highest BCUT2D eigenvalue weighted by Gasteiger charge is 2.32. The molecule has 0 fully saturated rings. The van der Waals surface area contributed by atoms with Gasteiger partial charge in [-0.3, -0.25) is 24.0 Å². The number of aromatic nitrogens is 4. The van der Waals surface area contributed by atoms with E-state index >= 15 is 0 Å². The first kappa shape index (κ1) is 99.5. The van der Waals surface area contributed by atoms with E-state index in [-0.39, 0.29) is 200 Å². The average Bonchev–Trinajstić information content (AvgIpc) is 0.773. The van der Waals surface area contributed by atoms with Crippen molar-refractivity contribution in [3.8, 4) is 57.3 Å². The molecule has 118 heavy (non-hydrogen) atoms. The number of esters is 4. The van der Waals surface area contributed by atoms with Gasteiger partial charge in [0.2, 0.25) is 0 Å². The van der Waals surface area contributed by atoms with Crippen LogP contribution in [0.1, 0.15) is 251 Å². The number of aliphatic hydroxyl groups excluding tert-OH is 1. The third-order valence-corrected chi connectivity index (χ3v) is 15.6. The number of methoxy groups -OCH3 is 4. The predicted octanol–water partition coefficient (Wildman–Crippen LogP) is 31.3. The van der Waals surface area contributed by atoms with E-state index in [1.165, 1.54) is 28.4 Å². The first-order valence-corrected chi connectivity index (χ1v) is 36.1. The van der Waals surface area contributed by atoms with Crippen LogP contribution in [0.2, 0.25) is 0 Å². The Morgan fingerprint density at radius 1 is 0.458 bits per heavy atom. The summed E-state index contributed by atoms with van der Waals surface area (Å²) in [5.41, 5.74) is 3.53. The van der Waals surface area contributed by atoms with Crippen molar-refractivity contribution in [3.63, 3.8) is 0 Å². The number of amides is 3. The molecule has 0 aliphatic rings. The average molecular weight is 1830 g/mol. The maximum absolute atomic E-state index is 13.0. The van der Waals surface area contributed by atoms with Crippen molar-refractivity contribution < 1.29 is 248 Å². The lowest BCUT2D eigenvalue weighted by Crippen LogP contribution is -2.45. The number of carbonyl (C=O) groups is 9. The molecule has 822 valence electrons. The second-order valence-corrected chi connectivity index (χ2v) is 28.4. The van der Waals surface area contributed by atoms with Crippen molar-refractivity contribution in [1.29, 1.82) is 0 Å². The van der Waals surface area contributed by atoms with E-state index in [9.17, 15) is 57.8 Å². The van der Waals surface area contributed by atoms with E-state index in [0.717, 1.165) is 40.5 Å². The number of carboxylic acid groups (broad SMARTS) is 2. The molecule has 34 nitrogen and oxygen atoms in total. The van der Waals surface area contributed by atoms with Gasteiger partial charge in [-0.05, 0) is 148 Å². The smallest absolute Gasteiger partial charge is 0.408 e. The number of fused-ring (bicyclic) bond motifs is 2. The van der Waals surface area contributed by atoms with Gasteiger partial charge in [0.05, 0.1) is 58.7 Å². The fourth-order valence-electron chi connectivity index (χ4n) is 10.7. The molecule has 2 heterocycles. The van der Waals surface area contributed by atoms with E-state index < -0.39 is 108 Å². The summed E-state index contributed by atoms with van der Waals surface area (Å²) in [5, 5.41) is 32.6. The number of alkyl carbamates (subject to hydrolysis) is 3. The highest BCUT2D eigenvalue weighted by Crippen LogP contribution is 2.34. The van der Waals surface area contributed by atoms with Crippen molar-refractivity contribution in [1.82, 2.24) is 35.9 Å². The minimum atomic E-state index is -1.51. The normalized spacial score (nSPS) is 11.5. The van der Waals surface area contributed by atoms with Crippen LogP contribution in [0.25, 0.3) is 44.6 Å². The standard InChI is InChI=1S/C36H41N3O10.C29H35N3O10.C16H21NO6.CH4O.CH4.H2S.75H2.15H/c1-21-15-24(32-37-26-17-25(44-6)18-28(45-7)30(26)33(41)39-32)16-22(2)31(21)47-14-13-46-29(40)19-27(38-35(43)49-36(3,4)5)34(42)48-20-23-11-9-8-10-12-23;1-15-10-17(25-30-19-12-18(38-6)13-21(39-7)23(19)26(34)32-25)11-16(2)24(15)41-9-8-40-22(33)14-20(27(35)36)31-28(37)42-29(3,4)5;1-16(2,3)23-15(21)17-12(9-13(18)19)14(20)22-10-11-7-5-4-6-8-11;1-2;;;;;;;;;;;;;;;;;;;;;;;;;;;;;;;;;;;;;;;;;;;;;;;;;;;;;;;;;;;;;;;;;;;;;;;;;;;;;;;;;;;;;;;;;;;;/h8-12,15-18,27H,13-14,19-20H2,1-7H3,(H,38,43)(H,37,39,41);10-13,20H,8-9,14H2,1-7H3,(H,31,37)(H,35,36)(H,30,32,34);4-8,12H,9-10H2,1-3H3,(H,17,21)(H,18,19);2H,1H3;1H4;1H2;75*1H;;;;;;;;;;;;;;;/q;;;;;;;;;;;;;;;;;;;;;;;;;;;;;;;;;;;;;;;;;;;;;;;;;;;;;;;;;;;;;;;;;;;;;;;;;;;;;;;;;15*-1/t27-;20-;12-;;;;;;;;;;;;;;;;;;;;;;;;;;;;;;;;;;;;;;;;;;;;;;;;;;;;;;;;;;;;;;;;;;;;;;;;;;;;;;;;;;;;;;;;;;;;;/m000............................................................................................./s1. The van der Waals surface area contributed by atoms with Crippen LogP contribution in [0, 0.1) is 27.7 Å². The third kappa shape index (κ3) is 32.6. The number of ether oxygens (including phenoxy) is 13. The van der Waals surface area contributed by atoms with E-state index in [1.807, 2.05) is 52.0 Å². The van der Waals surface area contributed by atoms with Gasteiger partial charge in [-0.2, -0.15) is 13.5 Å². The summed E-state index contributed by atoms with van der Waals surface area (Å²) in [4.78, 5) is 149. The monoisotopic (exact) mass is 1830 g/mol. The van der Waals surface area contributed by atoms with E-state index in [2.05, 4.69) is 35.9 Å². The van der Waals surface area contributed by atoms with E-state index in [1.54, 1.807) is 147 Å². The molecule has 0 aliphatic carbocycles. The molecule has 0 saturated carbocycles. The number of aliphatic carboxylic acids is 2. The maximum Gasteiger partial charge on any atom is 0.408 e. The minimum absolute atomic E-state index is 0. The molecule has 0 bridgehead atoms. The lowest BCUT2D eigenvalue weighted by atomic mass is 10.0. The number of carbonyl (C=O) groups excluding carboxylic acids is 7. The summed E-state index contributed by atoms with van der Waals surface area (Å²) in [7, 11) is 6.97. The molecule has 3 atom stereocenters. The fourth-order valence-corrected chi connectivity index (χ4v) is 10.7. The number of hydrogen-bond acceptors (Lipinski definition) is 27. The van der Waals surface area contributed by atoms with Crippen molar-refractivity contribution in [2.75, 3.05) is 62.0 Å². The molecule has 3 amide bonds. The number of rotatable bonds is 30. The number of nitrogens with zero attached hydrogens (tertiary/aromatic N) is 2. The summed E-state index contributed by atoms with van der Waals surface area (Å²) in [6, 6.07) is 27.6. The van der Waals surface area contributed by atoms with Crippen LogP contribution in [0.5, 0.6) is 34.5 Å². The van der Waals surface area contributed by atoms with Gasteiger partial charge >= 0.3 is 54.1 Å². The zero-order valence-electron chi connectivity index (χ0n) is 83.5. The lowest BCUT2D eigenvalue weighted by molar-refractivity contribution is -0.153. The highest BCUT2D eigenvalue weighted by atomic mass is 32.1. The van der Waals surface area contributed by atoms with Gasteiger partial charge in [0, 0.05) is 150 Å². The van der Waals surface area contributed by atoms with Crippen LogP contribution in [0.15, 0.2) is 119 Å². The topological polar surface area (TPSA) is 462 Å². The molecule has 0 unspecified atom stereocenters. The molecular weight excluding hydrogens is 1560 g/mol. The zero-order chi connectivity index (χ0) is 86.4. The Bertz CT molecular complexity index is 5020. The summed E-state index contributed by atoms with van der Waals surface area (Å²) < 4.78 is 69.2. The number of aliphatic hydroxyl groups is 1. The second kappa shape index (κ2) is 46.8. The van der Waals surface area contributed by atoms with Gasteiger partial charge in [-0.25, -0.2) is 38.7 Å². The minimum Gasteiger partial charge on any atom is -1.00 e. The SMILES string of the molecule is C.CC(C)(C)OC(=O)N[C@@H](CC(=O)O)C(=O)OCc1ccccc1.CO.COc1cc(OC)c2c(=O)[nH]c(-c3cc(C)c(OCCOC(=O)C[C@H](NC(=O)OC(C)(C)C)C(=O)O)c(C)c3)nc2c1.COc1cc(OC)c2c(=O)[nH]c(-c3cc(C)c(OCCOC(=O)C[C@H](NC(=O)OC(C)(C)C)C(=O)OCc4ccccc4)c(C)c3)nc2c1.S.[H-].[H-].[H-].[H-].[H-].[H-].[H-].[H-].[H-].[H-].[H-].[H-].[H-].[H-].[H-].[HH].[HH].[HH].[HH].[HH].[HH].[HH].[HH].[HH].[HH].[HH].[HH].[HH].[HH].[HH].[HH].[HH].[HH].[HH].[HH].[HH].[HH].[HH].[HH].[HH].[HH].[HH].[HH].[HH].[HH].[HH].[HH].[HH].[HH].[HH].[HH].[HH].[HH].[HH].[HH].[HH].[HH].[HH].[HH].[HH].[HH].[HH].[HH].[HH].[HH].[HH].[HH].[HH].[HH].[HH].[HH].[HH].[HH].[HH].[HH].[HH].[HH].[HH].[HH].[HH].[HH].[HH].[HH].[HH].[HH].[HH].[HH].[HH].[HH].[HH]. The second-order valence-electron chi connectivity index (χ2n) is 28.4. The van der Waals surface area contributed by atoms with E-state index in [4.69, 9.17) is 71.8 Å². The van der Waals surface area contributed by atoms with Crippen LogP contribution in [0.3, 0.4) is 0 Å². The number of H-pyrrole nitrogens is 2. The summed E-state index contributed by atoms with van der Waals surface area (Å²) in [6.45, 7) is 21.9. The van der Waals surface area contributed by atoms with Crippen molar-refractivity contribution in [2.45, 2.75) is 165 Å². The van der Waals surface area contributed by atoms with Crippen molar-refractivity contribution in [3.05, 3.63) is 163 Å².